The Kier molecular flexibility index (Phi) is 4.72. The number of aromatic nitrogens is 2. The Balaban J connectivity index is 1.65. The number of hydrogen-bond donors (Lipinski definition) is 1. The van der Waals surface area contributed by atoms with Crippen LogP contribution in [0.1, 0.15) is 5.56 Å². The highest BCUT2D eigenvalue weighted by molar-refractivity contribution is 6.01. The van der Waals surface area contributed by atoms with E-state index in [1.54, 1.807) is 48.8 Å². The van der Waals surface area contributed by atoms with Crippen LogP contribution in [0.3, 0.4) is 0 Å². The first-order chi connectivity index (χ1) is 11.7. The highest BCUT2D eigenvalue weighted by Crippen LogP contribution is 2.17. The molecule has 0 spiro atoms. The molecule has 0 aliphatic heterocycles. The van der Waals surface area contributed by atoms with Gasteiger partial charge in [-0.25, -0.2) is 9.37 Å². The summed E-state index contributed by atoms with van der Waals surface area (Å²) in [5, 5.41) is 2.66. The van der Waals surface area contributed by atoms with Gasteiger partial charge in [0.2, 0.25) is 5.91 Å². The molecule has 0 aliphatic carbocycles. The molecule has 0 unspecified atom stereocenters. The fourth-order valence-corrected chi connectivity index (χ4v) is 2.07. The molecule has 0 fully saturated rings. The summed E-state index contributed by atoms with van der Waals surface area (Å²) in [4.78, 5) is 20.2. The van der Waals surface area contributed by atoms with Crippen LogP contribution in [0.15, 0.2) is 73.1 Å². The lowest BCUT2D eigenvalue weighted by molar-refractivity contribution is -0.111. The van der Waals surface area contributed by atoms with Gasteiger partial charge in [-0.2, -0.15) is 0 Å². The molecule has 0 atom stereocenters. The van der Waals surface area contributed by atoms with Crippen molar-refractivity contribution in [1.29, 1.82) is 0 Å². The molecule has 5 heteroatoms. The number of benzene rings is 1. The van der Waals surface area contributed by atoms with E-state index in [9.17, 15) is 9.18 Å². The monoisotopic (exact) mass is 319 g/mol. The number of rotatable bonds is 4. The molecule has 0 saturated carbocycles. The van der Waals surface area contributed by atoms with E-state index in [0.717, 1.165) is 16.8 Å². The van der Waals surface area contributed by atoms with E-state index in [-0.39, 0.29) is 11.7 Å². The van der Waals surface area contributed by atoms with Crippen molar-refractivity contribution in [2.45, 2.75) is 0 Å². The van der Waals surface area contributed by atoms with Crippen molar-refractivity contribution in [3.8, 4) is 11.3 Å². The average Bonchev–Trinajstić information content (AvgIpc) is 2.62. The van der Waals surface area contributed by atoms with Gasteiger partial charge >= 0.3 is 0 Å². The molecule has 0 radical (unpaired) electrons. The molecule has 0 aliphatic rings. The summed E-state index contributed by atoms with van der Waals surface area (Å²) < 4.78 is 12.9. The lowest BCUT2D eigenvalue weighted by atomic mass is 10.1. The minimum atomic E-state index is -0.280. The van der Waals surface area contributed by atoms with Crippen LogP contribution in [0.25, 0.3) is 17.3 Å². The van der Waals surface area contributed by atoms with E-state index in [1.165, 1.54) is 18.2 Å². The van der Waals surface area contributed by atoms with Crippen molar-refractivity contribution < 1.29 is 9.18 Å². The van der Waals surface area contributed by atoms with Crippen molar-refractivity contribution in [3.05, 3.63) is 84.4 Å². The largest absolute Gasteiger partial charge is 0.307 e. The standard InChI is InChI=1S/C19H14FN3O/c20-16-8-6-15(7-9-16)17-10-4-14(13-22-17)5-11-19(24)23-18-3-1-2-12-21-18/h1-13H,(H,21,23,24)/b11-5+. The first-order valence-electron chi connectivity index (χ1n) is 7.33. The summed E-state index contributed by atoms with van der Waals surface area (Å²) in [7, 11) is 0. The molecule has 2 heterocycles. The van der Waals surface area contributed by atoms with Crippen molar-refractivity contribution in [3.63, 3.8) is 0 Å². The van der Waals surface area contributed by atoms with E-state index < -0.39 is 0 Å². The number of halogens is 1. The number of amides is 1. The third kappa shape index (κ3) is 4.10. The molecular formula is C19H14FN3O. The number of pyridine rings is 2. The Morgan fingerprint density at radius 1 is 1.00 bits per heavy atom. The third-order valence-corrected chi connectivity index (χ3v) is 3.27. The molecule has 4 nitrogen and oxygen atoms in total. The van der Waals surface area contributed by atoms with Crippen molar-refractivity contribution in [2.75, 3.05) is 5.32 Å². The zero-order valence-electron chi connectivity index (χ0n) is 12.7. The number of anilines is 1. The quantitative estimate of drug-likeness (QED) is 0.741. The third-order valence-electron chi connectivity index (χ3n) is 3.27. The molecule has 1 aromatic carbocycles. The maximum absolute atomic E-state index is 12.9. The SMILES string of the molecule is O=C(/C=C/c1ccc(-c2ccc(F)cc2)nc1)Nc1ccccn1. The van der Waals surface area contributed by atoms with Gasteiger partial charge in [-0.15, -0.1) is 0 Å². The Morgan fingerprint density at radius 2 is 1.83 bits per heavy atom. The summed E-state index contributed by atoms with van der Waals surface area (Å²) in [5.74, 6) is -0.0505. The smallest absolute Gasteiger partial charge is 0.249 e. The number of nitrogens with one attached hydrogen (secondary N) is 1. The topological polar surface area (TPSA) is 54.9 Å². The molecule has 24 heavy (non-hydrogen) atoms. The van der Waals surface area contributed by atoms with Gasteiger partial charge in [-0.1, -0.05) is 12.1 Å². The van der Waals surface area contributed by atoms with Crippen LogP contribution in [-0.4, -0.2) is 15.9 Å². The van der Waals surface area contributed by atoms with Crippen molar-refractivity contribution in [1.82, 2.24) is 9.97 Å². The van der Waals surface area contributed by atoms with Gasteiger partial charge in [0.1, 0.15) is 11.6 Å². The summed E-state index contributed by atoms with van der Waals surface area (Å²) in [5.41, 5.74) is 2.36. The molecule has 118 valence electrons. The van der Waals surface area contributed by atoms with Crippen LogP contribution in [0, 0.1) is 5.82 Å². The van der Waals surface area contributed by atoms with Crippen LogP contribution in [-0.2, 0) is 4.79 Å². The van der Waals surface area contributed by atoms with Gasteiger partial charge in [0, 0.05) is 24.0 Å². The normalized spacial score (nSPS) is 10.7. The Bertz CT molecular complexity index is 844. The molecule has 0 saturated heterocycles. The summed E-state index contributed by atoms with van der Waals surface area (Å²) >= 11 is 0. The molecule has 3 aromatic rings. The van der Waals surface area contributed by atoms with Crippen LogP contribution < -0.4 is 5.32 Å². The fraction of sp³-hybridized carbons (Fsp3) is 0. The molecule has 1 amide bonds. The maximum atomic E-state index is 12.9. The van der Waals surface area contributed by atoms with E-state index in [0.29, 0.717) is 5.82 Å². The van der Waals surface area contributed by atoms with Crippen LogP contribution in [0.2, 0.25) is 0 Å². The Hall–Kier alpha value is -3.34. The highest BCUT2D eigenvalue weighted by Gasteiger charge is 2.00. The minimum Gasteiger partial charge on any atom is -0.307 e. The molecule has 1 N–H and O–H groups in total. The van der Waals surface area contributed by atoms with E-state index in [1.807, 2.05) is 12.1 Å². The first-order valence-corrected chi connectivity index (χ1v) is 7.33. The number of carbonyl (C=O) groups is 1. The van der Waals surface area contributed by atoms with E-state index in [4.69, 9.17) is 0 Å². The predicted molar refractivity (Wildman–Crippen MR) is 91.5 cm³/mol. The second-order valence-corrected chi connectivity index (χ2v) is 5.02. The molecule has 3 rings (SSSR count). The zero-order valence-corrected chi connectivity index (χ0v) is 12.7. The summed E-state index contributed by atoms with van der Waals surface area (Å²) in [6.45, 7) is 0. The highest BCUT2D eigenvalue weighted by atomic mass is 19.1. The summed E-state index contributed by atoms with van der Waals surface area (Å²) in [6, 6.07) is 15.1. The van der Waals surface area contributed by atoms with Gasteiger partial charge in [-0.05, 0) is 54.1 Å². The van der Waals surface area contributed by atoms with E-state index >= 15 is 0 Å². The van der Waals surface area contributed by atoms with Crippen LogP contribution in [0.5, 0.6) is 0 Å². The van der Waals surface area contributed by atoms with E-state index in [2.05, 4.69) is 15.3 Å². The van der Waals surface area contributed by atoms with Crippen LogP contribution in [0.4, 0.5) is 10.2 Å². The summed E-state index contributed by atoms with van der Waals surface area (Å²) in [6.07, 6.45) is 6.35. The van der Waals surface area contributed by atoms with Crippen molar-refractivity contribution in [2.24, 2.45) is 0 Å². The fourth-order valence-electron chi connectivity index (χ4n) is 2.07. The second-order valence-electron chi connectivity index (χ2n) is 5.02. The lowest BCUT2D eigenvalue weighted by Crippen LogP contribution is -2.08. The second kappa shape index (κ2) is 7.28. The number of carbonyl (C=O) groups excluding carboxylic acids is 1. The molecule has 2 aromatic heterocycles. The van der Waals surface area contributed by atoms with Gasteiger partial charge in [0.05, 0.1) is 5.69 Å². The lowest BCUT2D eigenvalue weighted by Gasteiger charge is -2.02. The first kappa shape index (κ1) is 15.6. The predicted octanol–water partition coefficient (Wildman–Crippen LogP) is 3.93. The zero-order chi connectivity index (χ0) is 16.8. The number of hydrogen-bond acceptors (Lipinski definition) is 3. The number of nitrogens with zero attached hydrogens (tertiary/aromatic N) is 2. The molecule has 0 bridgehead atoms. The van der Waals surface area contributed by atoms with Crippen LogP contribution >= 0.6 is 0 Å². The Labute approximate surface area is 138 Å². The molecular weight excluding hydrogens is 305 g/mol. The maximum Gasteiger partial charge on any atom is 0.249 e. The van der Waals surface area contributed by atoms with Gasteiger partial charge in [0.25, 0.3) is 0 Å². The Morgan fingerprint density at radius 3 is 2.50 bits per heavy atom. The minimum absolute atomic E-state index is 0.267. The van der Waals surface area contributed by atoms with Gasteiger partial charge < -0.3 is 5.32 Å². The van der Waals surface area contributed by atoms with Crippen molar-refractivity contribution >= 4 is 17.8 Å². The van der Waals surface area contributed by atoms with Gasteiger partial charge in [0.15, 0.2) is 0 Å². The van der Waals surface area contributed by atoms with Gasteiger partial charge in [-0.3, -0.25) is 9.78 Å². The average molecular weight is 319 g/mol.